The Morgan fingerprint density at radius 2 is 1.58 bits per heavy atom. The molecule has 2 aromatic carbocycles. The van der Waals surface area contributed by atoms with Gasteiger partial charge in [0.2, 0.25) is 6.41 Å². The van der Waals surface area contributed by atoms with Gasteiger partial charge in [0.1, 0.15) is 0 Å². The van der Waals surface area contributed by atoms with E-state index in [2.05, 4.69) is 41.6 Å². The number of aryl methyl sites for hydroxylation is 1. The van der Waals surface area contributed by atoms with Crippen molar-refractivity contribution >= 4 is 17.8 Å². The summed E-state index contributed by atoms with van der Waals surface area (Å²) in [4.78, 5) is 12.7. The van der Waals surface area contributed by atoms with E-state index in [9.17, 15) is 0 Å². The minimum Gasteiger partial charge on any atom is -0.399 e. The highest BCUT2D eigenvalue weighted by Crippen LogP contribution is 2.33. The molecule has 0 fully saturated rings. The second-order valence-corrected chi connectivity index (χ2v) is 5.73. The lowest BCUT2D eigenvalue weighted by Gasteiger charge is -2.13. The number of nitrogen functional groups attached to an aromatic ring is 1. The molecule has 0 unspecified atom stereocenters. The summed E-state index contributed by atoms with van der Waals surface area (Å²) in [7, 11) is 0. The first kappa shape index (κ1) is 18.7. The van der Waals surface area contributed by atoms with Gasteiger partial charge in [-0.05, 0) is 59.0 Å². The lowest BCUT2D eigenvalue weighted by atomic mass is 9.94. The van der Waals surface area contributed by atoms with Gasteiger partial charge in [-0.25, -0.2) is 0 Å². The van der Waals surface area contributed by atoms with Crippen LogP contribution in [0.15, 0.2) is 67.5 Å². The topological polar surface area (TPSA) is 108 Å². The van der Waals surface area contributed by atoms with Gasteiger partial charge in [-0.3, -0.25) is 9.78 Å². The molecule has 0 atom stereocenters. The number of carbonyl (C=O) groups is 1. The van der Waals surface area contributed by atoms with E-state index in [0.29, 0.717) is 5.70 Å². The van der Waals surface area contributed by atoms with Crippen LogP contribution in [-0.4, -0.2) is 11.4 Å². The number of primary amides is 1. The summed E-state index contributed by atoms with van der Waals surface area (Å²) in [6.07, 6.45) is 3.80. The molecule has 3 aromatic rings. The van der Waals surface area contributed by atoms with Crippen molar-refractivity contribution in [2.45, 2.75) is 6.92 Å². The van der Waals surface area contributed by atoms with Gasteiger partial charge < -0.3 is 17.2 Å². The number of carbonyl (C=O) groups excluding carboxylic acids is 1. The molecule has 1 amide bonds. The Morgan fingerprint density at radius 3 is 2.12 bits per heavy atom. The minimum absolute atomic E-state index is 0.250. The lowest BCUT2D eigenvalue weighted by Crippen LogP contribution is -1.96. The van der Waals surface area contributed by atoms with Gasteiger partial charge in [-0.1, -0.05) is 30.8 Å². The first-order valence-electron chi connectivity index (χ1n) is 7.99. The molecular formula is C21H22N4O. The van der Waals surface area contributed by atoms with E-state index in [1.54, 1.807) is 12.4 Å². The Labute approximate surface area is 153 Å². The number of pyridine rings is 1. The molecule has 5 heteroatoms. The Kier molecular flexibility index (Phi) is 6.11. The molecule has 5 nitrogen and oxygen atoms in total. The van der Waals surface area contributed by atoms with Gasteiger partial charge in [0.25, 0.3) is 0 Å². The van der Waals surface area contributed by atoms with Gasteiger partial charge in [-0.15, -0.1) is 0 Å². The standard InChI is InChI=1S/C20H19N3.CH3NO/c1-13-11-18(16-5-3-15(4-6-16)14(2)21)12-19(20(13)22)17-7-9-23-10-8-17;2-1-3/h3-12H,2,21-22H2,1H3;1H,(H2,2,3). The van der Waals surface area contributed by atoms with E-state index in [-0.39, 0.29) is 6.41 Å². The smallest absolute Gasteiger partial charge is 0.204 e. The molecule has 0 saturated carbocycles. The zero-order chi connectivity index (χ0) is 19.1. The van der Waals surface area contributed by atoms with E-state index in [0.717, 1.165) is 39.1 Å². The molecule has 1 heterocycles. The summed E-state index contributed by atoms with van der Waals surface area (Å²) in [5.41, 5.74) is 23.9. The quantitative estimate of drug-likeness (QED) is 0.499. The van der Waals surface area contributed by atoms with Crippen LogP contribution in [0.5, 0.6) is 0 Å². The van der Waals surface area contributed by atoms with Crippen LogP contribution in [0.4, 0.5) is 5.69 Å². The third-order valence-corrected chi connectivity index (χ3v) is 3.97. The summed E-state index contributed by atoms with van der Waals surface area (Å²) >= 11 is 0. The van der Waals surface area contributed by atoms with Crippen LogP contribution in [0.25, 0.3) is 28.0 Å². The Morgan fingerprint density at radius 1 is 1.00 bits per heavy atom. The second-order valence-electron chi connectivity index (χ2n) is 5.73. The zero-order valence-electron chi connectivity index (χ0n) is 14.6. The Bertz CT molecular complexity index is 903. The number of benzene rings is 2. The van der Waals surface area contributed by atoms with Gasteiger partial charge in [0.05, 0.1) is 0 Å². The molecule has 132 valence electrons. The van der Waals surface area contributed by atoms with E-state index >= 15 is 0 Å². The monoisotopic (exact) mass is 346 g/mol. The summed E-state index contributed by atoms with van der Waals surface area (Å²) in [6, 6.07) is 16.2. The first-order valence-corrected chi connectivity index (χ1v) is 7.99. The molecule has 0 radical (unpaired) electrons. The number of nitrogens with zero attached hydrogens (tertiary/aromatic N) is 1. The van der Waals surface area contributed by atoms with Crippen molar-refractivity contribution in [3.63, 3.8) is 0 Å². The molecule has 0 saturated heterocycles. The van der Waals surface area contributed by atoms with Crippen LogP contribution in [0, 0.1) is 6.92 Å². The van der Waals surface area contributed by atoms with Crippen LogP contribution in [-0.2, 0) is 4.79 Å². The number of hydrogen-bond acceptors (Lipinski definition) is 4. The normalized spacial score (nSPS) is 9.73. The van der Waals surface area contributed by atoms with Gasteiger partial charge >= 0.3 is 0 Å². The van der Waals surface area contributed by atoms with Crippen LogP contribution in [0.3, 0.4) is 0 Å². The van der Waals surface area contributed by atoms with E-state index in [1.807, 2.05) is 31.2 Å². The number of nitrogens with two attached hydrogens (primary N) is 3. The average molecular weight is 346 g/mol. The van der Waals surface area contributed by atoms with Crippen molar-refractivity contribution < 1.29 is 4.79 Å². The Balaban J connectivity index is 0.000000758. The molecule has 3 rings (SSSR count). The van der Waals surface area contributed by atoms with E-state index < -0.39 is 0 Å². The molecule has 26 heavy (non-hydrogen) atoms. The first-order chi connectivity index (χ1) is 12.5. The van der Waals surface area contributed by atoms with Crippen LogP contribution < -0.4 is 17.2 Å². The molecule has 6 N–H and O–H groups in total. The lowest BCUT2D eigenvalue weighted by molar-refractivity contribution is -0.106. The maximum atomic E-state index is 8.58. The van der Waals surface area contributed by atoms with Crippen LogP contribution in [0.1, 0.15) is 11.1 Å². The summed E-state index contributed by atoms with van der Waals surface area (Å²) < 4.78 is 0. The summed E-state index contributed by atoms with van der Waals surface area (Å²) in [5, 5.41) is 0. The SMILES string of the molecule is C=C(N)c1ccc(-c2cc(C)c(N)c(-c3ccncc3)c2)cc1.NC=O. The number of hydrogen-bond donors (Lipinski definition) is 3. The molecule has 0 aliphatic heterocycles. The van der Waals surface area contributed by atoms with Crippen molar-refractivity contribution in [1.29, 1.82) is 0 Å². The zero-order valence-corrected chi connectivity index (χ0v) is 14.6. The molecule has 0 spiro atoms. The summed E-state index contributed by atoms with van der Waals surface area (Å²) in [5.74, 6) is 0. The third kappa shape index (κ3) is 4.27. The fraction of sp³-hybridized carbons (Fsp3) is 0.0476. The van der Waals surface area contributed by atoms with Crippen molar-refractivity contribution in [3.05, 3.63) is 78.6 Å². The van der Waals surface area contributed by atoms with Crippen molar-refractivity contribution in [2.24, 2.45) is 11.5 Å². The fourth-order valence-corrected chi connectivity index (χ4v) is 2.61. The molecule has 1 aromatic heterocycles. The maximum Gasteiger partial charge on any atom is 0.204 e. The van der Waals surface area contributed by atoms with Crippen LogP contribution in [0.2, 0.25) is 0 Å². The van der Waals surface area contributed by atoms with Crippen molar-refractivity contribution in [1.82, 2.24) is 4.98 Å². The van der Waals surface area contributed by atoms with Crippen molar-refractivity contribution in [3.8, 4) is 22.3 Å². The molecule has 0 bridgehead atoms. The van der Waals surface area contributed by atoms with Crippen LogP contribution >= 0.6 is 0 Å². The fourth-order valence-electron chi connectivity index (χ4n) is 2.61. The maximum absolute atomic E-state index is 8.58. The van der Waals surface area contributed by atoms with Crippen molar-refractivity contribution in [2.75, 3.05) is 5.73 Å². The third-order valence-electron chi connectivity index (χ3n) is 3.97. The largest absolute Gasteiger partial charge is 0.399 e. The number of aromatic nitrogens is 1. The highest BCUT2D eigenvalue weighted by molar-refractivity contribution is 5.84. The number of rotatable bonds is 3. The predicted molar refractivity (Wildman–Crippen MR) is 108 cm³/mol. The molecule has 0 aliphatic carbocycles. The second kappa shape index (κ2) is 8.48. The van der Waals surface area contributed by atoms with Gasteiger partial charge in [0.15, 0.2) is 0 Å². The number of amides is 1. The summed E-state index contributed by atoms with van der Waals surface area (Å²) in [6.45, 7) is 5.79. The predicted octanol–water partition coefficient (Wildman–Crippen LogP) is 3.34. The highest BCUT2D eigenvalue weighted by Gasteiger charge is 2.09. The van der Waals surface area contributed by atoms with E-state index in [4.69, 9.17) is 16.3 Å². The Hall–Kier alpha value is -3.60. The molecule has 0 aliphatic rings. The van der Waals surface area contributed by atoms with E-state index in [1.165, 1.54) is 0 Å². The minimum atomic E-state index is 0.250. The van der Waals surface area contributed by atoms with Gasteiger partial charge in [0, 0.05) is 29.3 Å². The average Bonchev–Trinajstić information content (AvgIpc) is 2.65. The number of anilines is 1. The molecular weight excluding hydrogens is 324 g/mol. The van der Waals surface area contributed by atoms with Gasteiger partial charge in [-0.2, -0.15) is 0 Å². The highest BCUT2D eigenvalue weighted by atomic mass is 16.1.